The molecule has 0 saturated carbocycles. The minimum Gasteiger partial charge on any atom is -0.508 e. The van der Waals surface area contributed by atoms with Crippen LogP contribution in [-0.4, -0.2) is 10.8 Å². The van der Waals surface area contributed by atoms with Crippen molar-refractivity contribution in [3.05, 3.63) is 59.2 Å². The standard InChI is InChI=1S/C18H21NO/c1-4-14-7-6-8-15(5-2)18(14)19-13(3)16-9-11-17(20)12-10-16/h6-12,20H,4-5H2,1-3H3. The van der Waals surface area contributed by atoms with Gasteiger partial charge in [0, 0.05) is 5.71 Å². The van der Waals surface area contributed by atoms with Crippen LogP contribution < -0.4 is 0 Å². The lowest BCUT2D eigenvalue weighted by atomic mass is 10.0. The van der Waals surface area contributed by atoms with Crippen molar-refractivity contribution in [2.45, 2.75) is 33.6 Å². The summed E-state index contributed by atoms with van der Waals surface area (Å²) in [6.07, 6.45) is 1.96. The first kappa shape index (κ1) is 14.3. The highest BCUT2D eigenvalue weighted by molar-refractivity contribution is 6.00. The molecule has 2 nitrogen and oxygen atoms in total. The highest BCUT2D eigenvalue weighted by atomic mass is 16.3. The smallest absolute Gasteiger partial charge is 0.115 e. The second kappa shape index (κ2) is 6.38. The first-order chi connectivity index (χ1) is 9.65. The maximum Gasteiger partial charge on any atom is 0.115 e. The molecule has 0 fully saturated rings. The molecule has 0 aromatic heterocycles. The number of benzene rings is 2. The zero-order chi connectivity index (χ0) is 14.5. The van der Waals surface area contributed by atoms with Crippen molar-refractivity contribution < 1.29 is 5.11 Å². The molecule has 0 heterocycles. The van der Waals surface area contributed by atoms with Crippen LogP contribution in [0.3, 0.4) is 0 Å². The predicted octanol–water partition coefficient (Wildman–Crippen LogP) is 4.66. The third-order valence-corrected chi connectivity index (χ3v) is 3.53. The number of hydrogen-bond donors (Lipinski definition) is 1. The lowest BCUT2D eigenvalue weighted by Gasteiger charge is -2.10. The lowest BCUT2D eigenvalue weighted by Crippen LogP contribution is -1.96. The Morgan fingerprint density at radius 2 is 1.50 bits per heavy atom. The molecule has 0 aliphatic heterocycles. The van der Waals surface area contributed by atoms with Crippen LogP contribution in [0.25, 0.3) is 0 Å². The van der Waals surface area contributed by atoms with Gasteiger partial charge in [-0.2, -0.15) is 0 Å². The molecule has 2 rings (SSSR count). The Labute approximate surface area is 120 Å². The van der Waals surface area contributed by atoms with E-state index in [4.69, 9.17) is 4.99 Å². The molecule has 0 amide bonds. The van der Waals surface area contributed by atoms with Crippen LogP contribution in [-0.2, 0) is 12.8 Å². The van der Waals surface area contributed by atoms with Gasteiger partial charge in [-0.05, 0) is 60.7 Å². The Morgan fingerprint density at radius 3 is 2.00 bits per heavy atom. The lowest BCUT2D eigenvalue weighted by molar-refractivity contribution is 0.475. The number of hydrogen-bond acceptors (Lipinski definition) is 2. The highest BCUT2D eigenvalue weighted by Crippen LogP contribution is 2.27. The van der Waals surface area contributed by atoms with Crippen molar-refractivity contribution in [3.8, 4) is 5.75 Å². The second-order valence-corrected chi connectivity index (χ2v) is 4.88. The fraction of sp³-hybridized carbons (Fsp3) is 0.278. The van der Waals surface area contributed by atoms with Gasteiger partial charge in [0.1, 0.15) is 5.75 Å². The van der Waals surface area contributed by atoms with Crippen molar-refractivity contribution in [3.63, 3.8) is 0 Å². The summed E-state index contributed by atoms with van der Waals surface area (Å²) in [6, 6.07) is 13.6. The van der Waals surface area contributed by atoms with Crippen LogP contribution in [0.5, 0.6) is 5.75 Å². The first-order valence-electron chi connectivity index (χ1n) is 7.11. The van der Waals surface area contributed by atoms with E-state index < -0.39 is 0 Å². The molecule has 1 N–H and O–H groups in total. The number of nitrogens with zero attached hydrogens (tertiary/aromatic N) is 1. The van der Waals surface area contributed by atoms with E-state index in [1.165, 1.54) is 11.1 Å². The van der Waals surface area contributed by atoms with E-state index in [1.807, 2.05) is 19.1 Å². The Bertz CT molecular complexity index is 590. The molecule has 0 saturated heterocycles. The average molecular weight is 267 g/mol. The van der Waals surface area contributed by atoms with E-state index in [0.717, 1.165) is 29.8 Å². The average Bonchev–Trinajstić information content (AvgIpc) is 2.48. The number of phenolic OH excluding ortho intramolecular Hbond substituents is 1. The Morgan fingerprint density at radius 1 is 0.950 bits per heavy atom. The van der Waals surface area contributed by atoms with Gasteiger partial charge in [-0.25, -0.2) is 0 Å². The molecule has 0 spiro atoms. The van der Waals surface area contributed by atoms with Gasteiger partial charge in [-0.1, -0.05) is 32.0 Å². The molecular formula is C18H21NO. The SMILES string of the molecule is CCc1cccc(CC)c1N=C(C)c1ccc(O)cc1. The van der Waals surface area contributed by atoms with E-state index in [0.29, 0.717) is 0 Å². The van der Waals surface area contributed by atoms with Crippen LogP contribution >= 0.6 is 0 Å². The number of aromatic hydroxyl groups is 1. The molecule has 2 heteroatoms. The number of aliphatic imine (C=N–C) groups is 1. The molecule has 2 aromatic carbocycles. The quantitative estimate of drug-likeness (QED) is 0.803. The molecule has 104 valence electrons. The molecule has 20 heavy (non-hydrogen) atoms. The Balaban J connectivity index is 2.46. The van der Waals surface area contributed by atoms with Crippen molar-refractivity contribution in [2.75, 3.05) is 0 Å². The summed E-state index contributed by atoms with van der Waals surface area (Å²) in [5.41, 5.74) is 5.67. The normalized spacial score (nSPS) is 11.7. The predicted molar refractivity (Wildman–Crippen MR) is 85.2 cm³/mol. The van der Waals surface area contributed by atoms with Crippen molar-refractivity contribution >= 4 is 11.4 Å². The molecule has 0 radical (unpaired) electrons. The summed E-state index contributed by atoms with van der Waals surface area (Å²) in [4.78, 5) is 4.84. The second-order valence-electron chi connectivity index (χ2n) is 4.88. The maximum absolute atomic E-state index is 9.35. The van der Waals surface area contributed by atoms with Crippen molar-refractivity contribution in [1.29, 1.82) is 0 Å². The number of phenols is 1. The molecule has 2 aromatic rings. The Kier molecular flexibility index (Phi) is 4.57. The van der Waals surface area contributed by atoms with Gasteiger partial charge in [-0.15, -0.1) is 0 Å². The molecule has 0 aliphatic carbocycles. The topological polar surface area (TPSA) is 32.6 Å². The van der Waals surface area contributed by atoms with Crippen LogP contribution in [0.2, 0.25) is 0 Å². The summed E-state index contributed by atoms with van der Waals surface area (Å²) in [5.74, 6) is 0.282. The van der Waals surface area contributed by atoms with Crippen LogP contribution in [0.4, 0.5) is 5.69 Å². The van der Waals surface area contributed by atoms with Gasteiger partial charge < -0.3 is 5.11 Å². The van der Waals surface area contributed by atoms with Crippen LogP contribution in [0.15, 0.2) is 47.5 Å². The van der Waals surface area contributed by atoms with E-state index in [1.54, 1.807) is 12.1 Å². The van der Waals surface area contributed by atoms with Crippen LogP contribution in [0.1, 0.15) is 37.5 Å². The number of aryl methyl sites for hydroxylation is 2. The van der Waals surface area contributed by atoms with Gasteiger partial charge in [0.05, 0.1) is 5.69 Å². The molecule has 0 atom stereocenters. The molecule has 0 aliphatic rings. The minimum absolute atomic E-state index is 0.282. The maximum atomic E-state index is 9.35. The third kappa shape index (κ3) is 3.08. The van der Waals surface area contributed by atoms with Crippen molar-refractivity contribution in [2.24, 2.45) is 4.99 Å². The zero-order valence-corrected chi connectivity index (χ0v) is 12.4. The van der Waals surface area contributed by atoms with E-state index in [9.17, 15) is 5.11 Å². The third-order valence-electron chi connectivity index (χ3n) is 3.53. The fourth-order valence-corrected chi connectivity index (χ4v) is 2.29. The molecule has 0 bridgehead atoms. The zero-order valence-electron chi connectivity index (χ0n) is 12.4. The summed E-state index contributed by atoms with van der Waals surface area (Å²) in [7, 11) is 0. The first-order valence-corrected chi connectivity index (χ1v) is 7.11. The highest BCUT2D eigenvalue weighted by Gasteiger charge is 2.06. The van der Waals surface area contributed by atoms with E-state index in [2.05, 4.69) is 32.0 Å². The van der Waals surface area contributed by atoms with Crippen LogP contribution in [0, 0.1) is 0 Å². The monoisotopic (exact) mass is 267 g/mol. The molecular weight excluding hydrogens is 246 g/mol. The summed E-state index contributed by atoms with van der Waals surface area (Å²) in [6.45, 7) is 6.33. The van der Waals surface area contributed by atoms with Gasteiger partial charge in [0.25, 0.3) is 0 Å². The number of para-hydroxylation sites is 1. The number of rotatable bonds is 4. The van der Waals surface area contributed by atoms with Gasteiger partial charge in [0.15, 0.2) is 0 Å². The minimum atomic E-state index is 0.282. The Hall–Kier alpha value is -2.09. The van der Waals surface area contributed by atoms with Crippen molar-refractivity contribution in [1.82, 2.24) is 0 Å². The van der Waals surface area contributed by atoms with E-state index >= 15 is 0 Å². The largest absolute Gasteiger partial charge is 0.508 e. The fourth-order valence-electron chi connectivity index (χ4n) is 2.29. The van der Waals surface area contributed by atoms with Gasteiger partial charge >= 0.3 is 0 Å². The summed E-state index contributed by atoms with van der Waals surface area (Å²) < 4.78 is 0. The summed E-state index contributed by atoms with van der Waals surface area (Å²) in [5, 5.41) is 9.35. The van der Waals surface area contributed by atoms with E-state index in [-0.39, 0.29) is 5.75 Å². The van der Waals surface area contributed by atoms with Gasteiger partial charge in [-0.3, -0.25) is 4.99 Å². The summed E-state index contributed by atoms with van der Waals surface area (Å²) >= 11 is 0. The molecule has 0 unspecified atom stereocenters. The van der Waals surface area contributed by atoms with Gasteiger partial charge in [0.2, 0.25) is 0 Å².